The molecule has 0 aromatic carbocycles. The van der Waals surface area contributed by atoms with Crippen LogP contribution in [0.25, 0.3) is 0 Å². The highest BCUT2D eigenvalue weighted by Crippen LogP contribution is 2.29. The van der Waals surface area contributed by atoms with Crippen molar-refractivity contribution in [3.8, 4) is 0 Å². The zero-order valence-corrected chi connectivity index (χ0v) is 9.91. The van der Waals surface area contributed by atoms with Crippen LogP contribution in [0.15, 0.2) is 12.3 Å². The highest BCUT2D eigenvalue weighted by atomic mass is 79.9. The molecule has 0 unspecified atom stereocenters. The van der Waals surface area contributed by atoms with E-state index in [1.807, 2.05) is 0 Å². The molecule has 0 aliphatic carbocycles. The zero-order valence-electron chi connectivity index (χ0n) is 6.61. The van der Waals surface area contributed by atoms with Crippen LogP contribution in [0.4, 0.5) is 17.6 Å². The van der Waals surface area contributed by atoms with Crippen molar-refractivity contribution >= 4 is 32.9 Å². The molecule has 1 aromatic heterocycles. The van der Waals surface area contributed by atoms with Gasteiger partial charge >= 0.3 is 6.18 Å². The second kappa shape index (κ2) is 5.06. The van der Waals surface area contributed by atoms with E-state index in [9.17, 15) is 17.6 Å². The average molecular weight is 339 g/mol. The van der Waals surface area contributed by atoms with Crippen molar-refractivity contribution in [2.75, 3.05) is 0 Å². The lowest BCUT2D eigenvalue weighted by molar-refractivity contribution is -0.138. The third-order valence-corrected chi connectivity index (χ3v) is 1.90. The van der Waals surface area contributed by atoms with Gasteiger partial charge in [-0.2, -0.15) is 13.2 Å². The Morgan fingerprint density at radius 2 is 1.93 bits per heavy atom. The maximum Gasteiger partial charge on any atom is 0.417 e. The molecule has 0 aliphatic rings. The third-order valence-electron chi connectivity index (χ3n) is 1.37. The van der Waals surface area contributed by atoms with Gasteiger partial charge in [0.05, 0.1) is 11.3 Å². The number of hydrogen-bond donors (Lipinski definition) is 0. The van der Waals surface area contributed by atoms with Gasteiger partial charge in [0.1, 0.15) is 5.82 Å². The fourth-order valence-electron chi connectivity index (χ4n) is 0.720. The lowest BCUT2D eigenvalue weighted by Crippen LogP contribution is -2.07. The molecule has 0 spiro atoms. The van der Waals surface area contributed by atoms with Crippen LogP contribution < -0.4 is 0 Å². The molecule has 1 aromatic rings. The summed E-state index contributed by atoms with van der Waals surface area (Å²) in [6.07, 6.45) is -3.93. The highest BCUT2D eigenvalue weighted by molar-refractivity contribution is 9.08. The van der Waals surface area contributed by atoms with Crippen molar-refractivity contribution < 1.29 is 17.6 Å². The van der Waals surface area contributed by atoms with Crippen LogP contribution in [0, 0.1) is 5.82 Å². The van der Waals surface area contributed by atoms with Crippen LogP contribution in [0.5, 0.6) is 0 Å². The van der Waals surface area contributed by atoms with E-state index in [0.29, 0.717) is 12.3 Å². The third kappa shape index (κ3) is 3.20. The van der Waals surface area contributed by atoms with Crippen molar-refractivity contribution in [2.24, 2.45) is 0 Å². The minimum absolute atomic E-state index is 0. The van der Waals surface area contributed by atoms with E-state index >= 15 is 0 Å². The highest BCUT2D eigenvalue weighted by Gasteiger charge is 2.31. The Morgan fingerprint density at radius 1 is 1.36 bits per heavy atom. The van der Waals surface area contributed by atoms with E-state index in [0.717, 1.165) is 0 Å². The van der Waals surface area contributed by atoms with Crippen LogP contribution in [0.1, 0.15) is 11.3 Å². The first-order chi connectivity index (χ1) is 5.95. The first-order valence-corrected chi connectivity index (χ1v) is 4.35. The van der Waals surface area contributed by atoms with Crippen molar-refractivity contribution in [2.45, 2.75) is 11.5 Å². The molecule has 1 rings (SSSR count). The summed E-state index contributed by atoms with van der Waals surface area (Å²) in [6.45, 7) is 0. The molecule has 14 heavy (non-hydrogen) atoms. The molecule has 0 amide bonds. The summed E-state index contributed by atoms with van der Waals surface area (Å²) in [6, 6.07) is 0.434. The smallest absolute Gasteiger partial charge is 0.257 e. The predicted molar refractivity (Wildman–Crippen MR) is 52.2 cm³/mol. The molecular formula is C7H5Br2F4N. The average Bonchev–Trinajstić information content (AvgIpc) is 2.02. The van der Waals surface area contributed by atoms with E-state index < -0.39 is 17.6 Å². The standard InChI is InChI=1S/C7H4BrF4N.BrH/c8-2-6-5(9)1-4(3-13-6)7(10,11)12;/h1,3H,2H2;1H. The summed E-state index contributed by atoms with van der Waals surface area (Å²) in [7, 11) is 0. The zero-order chi connectivity index (χ0) is 10.1. The second-order valence-corrected chi connectivity index (χ2v) is 2.84. The second-order valence-electron chi connectivity index (χ2n) is 2.28. The SMILES string of the molecule is Br.Fc1cc(C(F)(F)F)cnc1CBr. The molecule has 0 atom stereocenters. The van der Waals surface area contributed by atoms with E-state index in [4.69, 9.17) is 0 Å². The summed E-state index contributed by atoms with van der Waals surface area (Å²) in [5, 5.41) is 0.0942. The Labute approximate surface area is 96.4 Å². The molecule has 0 fully saturated rings. The number of aromatic nitrogens is 1. The van der Waals surface area contributed by atoms with Crippen molar-refractivity contribution in [3.63, 3.8) is 0 Å². The quantitative estimate of drug-likeness (QED) is 0.562. The van der Waals surface area contributed by atoms with Gasteiger partial charge in [-0.05, 0) is 6.07 Å². The van der Waals surface area contributed by atoms with Gasteiger partial charge in [-0.25, -0.2) is 4.39 Å². The van der Waals surface area contributed by atoms with Crippen LogP contribution in [-0.4, -0.2) is 4.98 Å². The first-order valence-electron chi connectivity index (χ1n) is 3.22. The van der Waals surface area contributed by atoms with Gasteiger partial charge in [-0.15, -0.1) is 17.0 Å². The van der Waals surface area contributed by atoms with Crippen LogP contribution in [0.3, 0.4) is 0 Å². The van der Waals surface area contributed by atoms with Gasteiger partial charge in [-0.3, -0.25) is 4.98 Å². The number of rotatable bonds is 1. The van der Waals surface area contributed by atoms with E-state index in [1.165, 1.54) is 0 Å². The lowest BCUT2D eigenvalue weighted by Gasteiger charge is -2.06. The normalized spacial score (nSPS) is 10.9. The van der Waals surface area contributed by atoms with Crippen LogP contribution in [-0.2, 0) is 11.5 Å². The van der Waals surface area contributed by atoms with Gasteiger partial charge in [-0.1, -0.05) is 15.9 Å². The molecule has 80 valence electrons. The lowest BCUT2D eigenvalue weighted by atomic mass is 10.2. The topological polar surface area (TPSA) is 12.9 Å². The summed E-state index contributed by atoms with van der Waals surface area (Å²) >= 11 is 2.90. The molecule has 0 N–H and O–H groups in total. The van der Waals surface area contributed by atoms with E-state index in [-0.39, 0.29) is 28.0 Å². The van der Waals surface area contributed by atoms with Gasteiger partial charge in [0.15, 0.2) is 0 Å². The number of nitrogens with zero attached hydrogens (tertiary/aromatic N) is 1. The molecule has 1 heterocycles. The van der Waals surface area contributed by atoms with E-state index in [2.05, 4.69) is 20.9 Å². The summed E-state index contributed by atoms with van der Waals surface area (Å²) in [5.41, 5.74) is -1.11. The Morgan fingerprint density at radius 3 is 2.29 bits per heavy atom. The number of hydrogen-bond acceptors (Lipinski definition) is 1. The minimum Gasteiger partial charge on any atom is -0.257 e. The largest absolute Gasteiger partial charge is 0.417 e. The predicted octanol–water partition coefficient (Wildman–Crippen LogP) is 3.71. The van der Waals surface area contributed by atoms with E-state index in [1.54, 1.807) is 0 Å². The summed E-state index contributed by atoms with van der Waals surface area (Å²) < 4.78 is 48.7. The molecule has 1 nitrogen and oxygen atoms in total. The molecule has 7 heteroatoms. The van der Waals surface area contributed by atoms with Crippen molar-refractivity contribution in [1.29, 1.82) is 0 Å². The number of alkyl halides is 4. The monoisotopic (exact) mass is 337 g/mol. The van der Waals surface area contributed by atoms with Crippen molar-refractivity contribution in [3.05, 3.63) is 29.3 Å². The maximum absolute atomic E-state index is 12.8. The molecule has 0 radical (unpaired) electrons. The Balaban J connectivity index is 0.00000169. The minimum atomic E-state index is -4.54. The fourth-order valence-corrected chi connectivity index (χ4v) is 1.13. The number of pyridine rings is 1. The van der Waals surface area contributed by atoms with Gasteiger partial charge in [0.25, 0.3) is 0 Å². The summed E-state index contributed by atoms with van der Waals surface area (Å²) in [5.74, 6) is -0.952. The van der Waals surface area contributed by atoms with Gasteiger partial charge < -0.3 is 0 Å². The maximum atomic E-state index is 12.8. The van der Waals surface area contributed by atoms with Gasteiger partial charge in [0, 0.05) is 11.5 Å². The molecule has 0 saturated carbocycles. The molecule has 0 bridgehead atoms. The fraction of sp³-hybridized carbons (Fsp3) is 0.286. The Bertz CT molecular complexity index is 313. The first kappa shape index (κ1) is 13.8. The Hall–Kier alpha value is -0.170. The molecule has 0 saturated heterocycles. The molecule has 0 aliphatic heterocycles. The summed E-state index contributed by atoms with van der Waals surface area (Å²) in [4.78, 5) is 3.32. The Kier molecular flexibility index (Phi) is 5.00. The van der Waals surface area contributed by atoms with Crippen molar-refractivity contribution in [1.82, 2.24) is 4.98 Å². The van der Waals surface area contributed by atoms with Gasteiger partial charge in [0.2, 0.25) is 0 Å². The van der Waals surface area contributed by atoms with Crippen LogP contribution >= 0.6 is 32.9 Å². The number of halogens is 6. The van der Waals surface area contributed by atoms with Crippen LogP contribution in [0.2, 0.25) is 0 Å². The molecular weight excluding hydrogens is 334 g/mol.